The first-order valence-electron chi connectivity index (χ1n) is 9.44. The Morgan fingerprint density at radius 1 is 1.41 bits per heavy atom. The second kappa shape index (κ2) is 10.1. The fourth-order valence-electron chi connectivity index (χ4n) is 3.61. The first-order valence-corrected chi connectivity index (χ1v) is 9.44. The van der Waals surface area contributed by atoms with Crippen molar-refractivity contribution in [2.45, 2.75) is 50.6 Å². The van der Waals surface area contributed by atoms with Crippen molar-refractivity contribution in [1.29, 1.82) is 5.26 Å². The lowest BCUT2D eigenvalue weighted by atomic mass is 9.88. The van der Waals surface area contributed by atoms with Gasteiger partial charge in [0.25, 0.3) is 0 Å². The van der Waals surface area contributed by atoms with Gasteiger partial charge in [-0.3, -0.25) is 4.90 Å². The summed E-state index contributed by atoms with van der Waals surface area (Å²) in [6.45, 7) is 6.58. The van der Waals surface area contributed by atoms with E-state index in [2.05, 4.69) is 17.0 Å². The molecule has 1 N–H and O–H groups in total. The van der Waals surface area contributed by atoms with Gasteiger partial charge in [-0.25, -0.2) is 4.79 Å². The predicted octanol–water partition coefficient (Wildman–Crippen LogP) is 3.35. The molecule has 1 atom stereocenters. The van der Waals surface area contributed by atoms with Crippen molar-refractivity contribution in [3.05, 3.63) is 35.4 Å². The normalized spacial score (nSPS) is 21.3. The Labute approximate surface area is 167 Å². The van der Waals surface area contributed by atoms with Gasteiger partial charge in [0.05, 0.1) is 29.9 Å². The number of benzene rings is 1. The van der Waals surface area contributed by atoms with Gasteiger partial charge >= 0.3 is 12.1 Å². The highest BCUT2D eigenvalue weighted by Crippen LogP contribution is 2.37. The molecule has 9 heteroatoms. The Hall–Kier alpha value is -2.15. The summed E-state index contributed by atoms with van der Waals surface area (Å²) in [7, 11) is 0. The number of carboxylic acids is 1. The van der Waals surface area contributed by atoms with Crippen LogP contribution in [0.3, 0.4) is 0 Å². The molecule has 1 aromatic rings. The molecule has 3 rings (SSSR count). The summed E-state index contributed by atoms with van der Waals surface area (Å²) >= 11 is 0. The molecule has 29 heavy (non-hydrogen) atoms. The zero-order valence-electron chi connectivity index (χ0n) is 16.2. The Bertz CT molecular complexity index is 725. The van der Waals surface area contributed by atoms with E-state index in [4.69, 9.17) is 24.6 Å². The van der Waals surface area contributed by atoms with Crippen LogP contribution in [0.25, 0.3) is 0 Å². The minimum atomic E-state index is -5.08. The lowest BCUT2D eigenvalue weighted by Gasteiger charge is -2.38. The summed E-state index contributed by atoms with van der Waals surface area (Å²) in [6.07, 6.45) is -1.61. The fourth-order valence-corrected chi connectivity index (χ4v) is 3.61. The number of alkyl halides is 3. The van der Waals surface area contributed by atoms with Crippen molar-refractivity contribution in [2.24, 2.45) is 0 Å². The lowest BCUT2D eigenvalue weighted by Crippen LogP contribution is -2.43. The number of hydrogen-bond acceptors (Lipinski definition) is 5. The van der Waals surface area contributed by atoms with Crippen LogP contribution in [0.5, 0.6) is 0 Å². The molecule has 0 aromatic heterocycles. The number of rotatable bonds is 4. The number of halogens is 3. The monoisotopic (exact) mass is 414 g/mol. The summed E-state index contributed by atoms with van der Waals surface area (Å²) in [6, 6.07) is 10.1. The number of nitrogens with zero attached hydrogens (tertiary/aromatic N) is 2. The number of ether oxygens (including phenoxy) is 2. The highest BCUT2D eigenvalue weighted by molar-refractivity contribution is 5.73. The zero-order chi connectivity index (χ0) is 21.5. The number of piperidine rings is 1. The molecule has 2 aliphatic rings. The van der Waals surface area contributed by atoms with E-state index in [0.29, 0.717) is 0 Å². The Morgan fingerprint density at radius 2 is 2.07 bits per heavy atom. The van der Waals surface area contributed by atoms with E-state index in [-0.39, 0.29) is 11.7 Å². The molecule has 6 nitrogen and oxygen atoms in total. The highest BCUT2D eigenvalue weighted by Gasteiger charge is 2.43. The first kappa shape index (κ1) is 23.1. The van der Waals surface area contributed by atoms with Crippen molar-refractivity contribution in [2.75, 3.05) is 26.3 Å². The van der Waals surface area contributed by atoms with Crippen LogP contribution >= 0.6 is 0 Å². The third-order valence-electron chi connectivity index (χ3n) is 5.05. The van der Waals surface area contributed by atoms with Gasteiger partial charge in [-0.2, -0.15) is 18.4 Å². The summed E-state index contributed by atoms with van der Waals surface area (Å²) in [5.41, 5.74) is 2.00. The standard InChI is InChI=1S/C18H24N2O2.C2HF3O2/c1-2-21-17-11-18(22-14-17)6-8-20(9-7-18)13-16-5-3-4-15(10-16)12-19;3-2(4,5)1(6)7/h3-5,10,17H,2,6-9,11,13-14H2,1H3;(H,6,7). The van der Waals surface area contributed by atoms with Crippen molar-refractivity contribution in [3.8, 4) is 6.07 Å². The molecular weight excluding hydrogens is 389 g/mol. The first-order chi connectivity index (χ1) is 13.7. The zero-order valence-corrected chi connectivity index (χ0v) is 16.2. The summed E-state index contributed by atoms with van der Waals surface area (Å²) < 4.78 is 43.5. The molecule has 1 spiro atoms. The van der Waals surface area contributed by atoms with Crippen LogP contribution in [-0.4, -0.2) is 60.2 Å². The topological polar surface area (TPSA) is 82.8 Å². The van der Waals surface area contributed by atoms with Gasteiger partial charge in [-0.05, 0) is 37.5 Å². The van der Waals surface area contributed by atoms with E-state index in [1.54, 1.807) is 0 Å². The van der Waals surface area contributed by atoms with Gasteiger partial charge < -0.3 is 14.6 Å². The number of aliphatic carboxylic acids is 1. The molecule has 0 amide bonds. The molecule has 2 saturated heterocycles. The molecule has 2 fully saturated rings. The van der Waals surface area contributed by atoms with E-state index in [1.807, 2.05) is 25.1 Å². The Morgan fingerprint density at radius 3 is 2.62 bits per heavy atom. The molecule has 2 heterocycles. The molecule has 1 unspecified atom stereocenters. The van der Waals surface area contributed by atoms with Crippen molar-refractivity contribution < 1.29 is 32.5 Å². The second-order valence-electron chi connectivity index (χ2n) is 7.17. The van der Waals surface area contributed by atoms with Crippen LogP contribution in [0.1, 0.15) is 37.3 Å². The maximum Gasteiger partial charge on any atom is 0.490 e. The molecule has 0 bridgehead atoms. The van der Waals surface area contributed by atoms with E-state index >= 15 is 0 Å². The van der Waals surface area contributed by atoms with Crippen molar-refractivity contribution >= 4 is 5.97 Å². The van der Waals surface area contributed by atoms with Gasteiger partial charge in [-0.15, -0.1) is 0 Å². The van der Waals surface area contributed by atoms with Crippen LogP contribution in [0.2, 0.25) is 0 Å². The maximum absolute atomic E-state index is 10.6. The van der Waals surface area contributed by atoms with Crippen LogP contribution in [0.4, 0.5) is 13.2 Å². The quantitative estimate of drug-likeness (QED) is 0.814. The van der Waals surface area contributed by atoms with Gasteiger partial charge in [0.15, 0.2) is 0 Å². The molecular formula is C20H25F3N2O4. The predicted molar refractivity (Wildman–Crippen MR) is 98.1 cm³/mol. The minimum absolute atomic E-state index is 0.0465. The third-order valence-corrected chi connectivity index (χ3v) is 5.05. The minimum Gasteiger partial charge on any atom is -0.475 e. The molecule has 0 saturated carbocycles. The van der Waals surface area contributed by atoms with Gasteiger partial charge in [0, 0.05) is 32.7 Å². The number of hydrogen-bond donors (Lipinski definition) is 1. The Kier molecular flexibility index (Phi) is 8.02. The smallest absolute Gasteiger partial charge is 0.475 e. The number of carboxylic acid groups (broad SMARTS) is 1. The highest BCUT2D eigenvalue weighted by atomic mass is 19.4. The van der Waals surface area contributed by atoms with Gasteiger partial charge in [0.1, 0.15) is 0 Å². The summed E-state index contributed by atoms with van der Waals surface area (Å²) in [4.78, 5) is 11.4. The summed E-state index contributed by atoms with van der Waals surface area (Å²) in [5.74, 6) is -2.76. The maximum atomic E-state index is 10.6. The van der Waals surface area contributed by atoms with E-state index < -0.39 is 12.1 Å². The van der Waals surface area contributed by atoms with E-state index in [9.17, 15) is 13.2 Å². The number of nitriles is 1. The summed E-state index contributed by atoms with van der Waals surface area (Å²) in [5, 5.41) is 16.1. The second-order valence-corrected chi connectivity index (χ2v) is 7.17. The van der Waals surface area contributed by atoms with Crippen LogP contribution in [0.15, 0.2) is 24.3 Å². The average Bonchev–Trinajstić information content (AvgIpc) is 3.06. The van der Waals surface area contributed by atoms with Crippen LogP contribution < -0.4 is 0 Å². The van der Waals surface area contributed by atoms with Crippen LogP contribution in [0, 0.1) is 11.3 Å². The van der Waals surface area contributed by atoms with Gasteiger partial charge in [-0.1, -0.05) is 12.1 Å². The van der Waals surface area contributed by atoms with E-state index in [1.165, 1.54) is 5.56 Å². The fraction of sp³-hybridized carbons (Fsp3) is 0.600. The lowest BCUT2D eigenvalue weighted by molar-refractivity contribution is -0.192. The molecule has 0 radical (unpaired) electrons. The number of carbonyl (C=O) groups is 1. The van der Waals surface area contributed by atoms with Crippen molar-refractivity contribution in [3.63, 3.8) is 0 Å². The SMILES string of the molecule is CCOC1COC2(CCN(Cc3cccc(C#N)c3)CC2)C1.O=C(O)C(F)(F)F. The molecule has 160 valence electrons. The van der Waals surface area contributed by atoms with Gasteiger partial charge in [0.2, 0.25) is 0 Å². The molecule has 1 aromatic carbocycles. The largest absolute Gasteiger partial charge is 0.490 e. The van der Waals surface area contributed by atoms with E-state index in [0.717, 1.165) is 57.7 Å². The number of likely N-dealkylation sites (tertiary alicyclic amines) is 1. The molecule has 2 aliphatic heterocycles. The van der Waals surface area contributed by atoms with Crippen LogP contribution in [-0.2, 0) is 20.8 Å². The third kappa shape index (κ3) is 6.99. The average molecular weight is 414 g/mol. The molecule has 0 aliphatic carbocycles. The van der Waals surface area contributed by atoms with Crippen molar-refractivity contribution in [1.82, 2.24) is 4.90 Å². The Balaban J connectivity index is 0.000000370.